The summed E-state index contributed by atoms with van der Waals surface area (Å²) in [5.41, 5.74) is -0.231. The molecule has 8 heteroatoms. The van der Waals surface area contributed by atoms with E-state index >= 15 is 0 Å². The number of rotatable bonds is 2. The van der Waals surface area contributed by atoms with E-state index in [9.17, 15) is 14.7 Å². The number of aromatic nitrogens is 2. The van der Waals surface area contributed by atoms with E-state index in [1.54, 1.807) is 20.8 Å². The summed E-state index contributed by atoms with van der Waals surface area (Å²) >= 11 is 0.949. The van der Waals surface area contributed by atoms with Crippen molar-refractivity contribution in [2.75, 3.05) is 5.32 Å². The minimum absolute atomic E-state index is 0.0305. The van der Waals surface area contributed by atoms with Crippen LogP contribution in [0, 0.1) is 0 Å². The fraction of sp³-hybridized carbons (Fsp3) is 0.333. The van der Waals surface area contributed by atoms with Crippen LogP contribution < -0.4 is 5.32 Å². The van der Waals surface area contributed by atoms with Gasteiger partial charge < -0.3 is 9.84 Å². The van der Waals surface area contributed by atoms with Crippen LogP contribution in [0.2, 0.25) is 0 Å². The fourth-order valence-corrected chi connectivity index (χ4v) is 2.39. The van der Waals surface area contributed by atoms with E-state index in [1.807, 2.05) is 0 Å². The van der Waals surface area contributed by atoms with Gasteiger partial charge in [0.2, 0.25) is 0 Å². The lowest BCUT2D eigenvalue weighted by molar-refractivity contribution is 0.0636. The molecule has 0 aromatic carbocycles. The summed E-state index contributed by atoms with van der Waals surface area (Å²) in [6.07, 6.45) is 2.16. The number of thiophene rings is 1. The second kappa shape index (κ2) is 5.04. The second-order valence-corrected chi connectivity index (χ2v) is 5.95. The number of hydrogen-bond donors (Lipinski definition) is 2. The number of nitrogens with one attached hydrogen (secondary N) is 1. The van der Waals surface area contributed by atoms with E-state index in [-0.39, 0.29) is 10.6 Å². The summed E-state index contributed by atoms with van der Waals surface area (Å²) in [4.78, 5) is 31.5. The lowest BCUT2D eigenvalue weighted by atomic mass is 10.2. The van der Waals surface area contributed by atoms with Crippen LogP contribution in [0.15, 0.2) is 12.4 Å². The van der Waals surface area contributed by atoms with E-state index in [0.29, 0.717) is 10.3 Å². The average Bonchev–Trinajstić information content (AvgIpc) is 2.66. The number of aromatic carboxylic acids is 1. The van der Waals surface area contributed by atoms with Crippen LogP contribution in [0.4, 0.5) is 10.5 Å². The van der Waals surface area contributed by atoms with E-state index in [2.05, 4.69) is 15.3 Å². The summed E-state index contributed by atoms with van der Waals surface area (Å²) in [6.45, 7) is 5.16. The number of fused-ring (bicyclic) bond motifs is 1. The molecule has 0 aliphatic heterocycles. The van der Waals surface area contributed by atoms with Crippen molar-refractivity contribution >= 4 is 39.4 Å². The van der Waals surface area contributed by atoms with Gasteiger partial charge in [-0.05, 0) is 20.8 Å². The predicted molar refractivity (Wildman–Crippen MR) is 74.2 cm³/mol. The molecule has 2 rings (SSSR count). The first kappa shape index (κ1) is 14.2. The molecule has 0 aliphatic carbocycles. The lowest BCUT2D eigenvalue weighted by Gasteiger charge is -2.19. The van der Waals surface area contributed by atoms with Gasteiger partial charge in [-0.3, -0.25) is 5.32 Å². The molecule has 2 N–H and O–H groups in total. The van der Waals surface area contributed by atoms with Crippen LogP contribution in [-0.4, -0.2) is 32.7 Å². The zero-order valence-electron chi connectivity index (χ0n) is 11.1. The number of carbonyl (C=O) groups excluding carboxylic acids is 1. The van der Waals surface area contributed by atoms with Crippen LogP contribution in [-0.2, 0) is 4.74 Å². The molecule has 0 saturated carbocycles. The van der Waals surface area contributed by atoms with Gasteiger partial charge in [0.1, 0.15) is 20.8 Å². The van der Waals surface area contributed by atoms with Crippen molar-refractivity contribution in [3.05, 3.63) is 17.3 Å². The molecule has 2 aromatic heterocycles. The Morgan fingerprint density at radius 3 is 2.55 bits per heavy atom. The highest BCUT2D eigenvalue weighted by Crippen LogP contribution is 2.33. The third-order valence-electron chi connectivity index (χ3n) is 2.15. The number of ether oxygens (including phenoxy) is 1. The smallest absolute Gasteiger partial charge is 0.412 e. The molecule has 0 aliphatic rings. The van der Waals surface area contributed by atoms with Gasteiger partial charge in [-0.2, -0.15) is 0 Å². The Hall–Kier alpha value is -2.22. The molecule has 0 saturated heterocycles. The Morgan fingerprint density at radius 2 is 1.95 bits per heavy atom. The minimum Gasteiger partial charge on any atom is -0.477 e. The highest BCUT2D eigenvalue weighted by atomic mass is 32.1. The molecule has 0 atom stereocenters. The molecule has 0 radical (unpaired) electrons. The Bertz CT molecular complexity index is 675. The number of carboxylic acid groups (broad SMARTS) is 1. The Balaban J connectivity index is 2.39. The zero-order valence-corrected chi connectivity index (χ0v) is 11.9. The van der Waals surface area contributed by atoms with Crippen molar-refractivity contribution in [1.29, 1.82) is 0 Å². The van der Waals surface area contributed by atoms with Crippen molar-refractivity contribution in [2.45, 2.75) is 26.4 Å². The maximum atomic E-state index is 11.8. The first-order valence-electron chi connectivity index (χ1n) is 5.75. The number of amides is 1. The monoisotopic (exact) mass is 295 g/mol. The van der Waals surface area contributed by atoms with Gasteiger partial charge in [0, 0.05) is 12.4 Å². The van der Waals surface area contributed by atoms with Crippen LogP contribution in [0.3, 0.4) is 0 Å². The van der Waals surface area contributed by atoms with Crippen molar-refractivity contribution < 1.29 is 19.4 Å². The van der Waals surface area contributed by atoms with Crippen LogP contribution in [0.25, 0.3) is 10.3 Å². The minimum atomic E-state index is -1.15. The summed E-state index contributed by atoms with van der Waals surface area (Å²) in [5.74, 6) is -1.15. The van der Waals surface area contributed by atoms with E-state index < -0.39 is 17.7 Å². The standard InChI is InChI=1S/C12H13N3O4S/c1-12(2,3)19-11(18)15-6-7-9(14-5-4-13-7)20-8(6)10(16)17/h4-5H,1-3H3,(H,15,18)(H,16,17). The molecule has 20 heavy (non-hydrogen) atoms. The topological polar surface area (TPSA) is 101 Å². The zero-order chi connectivity index (χ0) is 14.9. The van der Waals surface area contributed by atoms with Gasteiger partial charge in [0.15, 0.2) is 0 Å². The van der Waals surface area contributed by atoms with Crippen LogP contribution in [0.1, 0.15) is 30.4 Å². The summed E-state index contributed by atoms with van der Waals surface area (Å²) in [5, 5.41) is 11.6. The number of carbonyl (C=O) groups is 2. The lowest BCUT2D eigenvalue weighted by Crippen LogP contribution is -2.27. The number of anilines is 1. The Morgan fingerprint density at radius 1 is 1.30 bits per heavy atom. The highest BCUT2D eigenvalue weighted by Gasteiger charge is 2.23. The Labute approximate surface area is 118 Å². The molecule has 0 fully saturated rings. The molecule has 1 amide bonds. The SMILES string of the molecule is CC(C)(C)OC(=O)Nc1c(C(=O)O)sc2nccnc12. The van der Waals surface area contributed by atoms with Crippen molar-refractivity contribution in [2.24, 2.45) is 0 Å². The molecule has 7 nitrogen and oxygen atoms in total. The molecule has 0 bridgehead atoms. The Kier molecular flexibility index (Phi) is 3.58. The molecule has 0 unspecified atom stereocenters. The van der Waals surface area contributed by atoms with E-state index in [1.165, 1.54) is 12.4 Å². The van der Waals surface area contributed by atoms with Crippen molar-refractivity contribution in [3.8, 4) is 0 Å². The third-order valence-corrected chi connectivity index (χ3v) is 3.22. The van der Waals surface area contributed by atoms with Crippen LogP contribution >= 0.6 is 11.3 Å². The molecule has 106 valence electrons. The van der Waals surface area contributed by atoms with Crippen molar-refractivity contribution in [1.82, 2.24) is 9.97 Å². The number of nitrogens with zero attached hydrogens (tertiary/aromatic N) is 2. The normalized spacial score (nSPS) is 11.3. The first-order valence-corrected chi connectivity index (χ1v) is 6.56. The largest absolute Gasteiger partial charge is 0.477 e. The quantitative estimate of drug-likeness (QED) is 0.883. The third kappa shape index (κ3) is 3.02. The van der Waals surface area contributed by atoms with Gasteiger partial charge in [-0.25, -0.2) is 19.6 Å². The molecule has 2 aromatic rings. The molecule has 2 heterocycles. The van der Waals surface area contributed by atoms with Crippen LogP contribution in [0.5, 0.6) is 0 Å². The molecular weight excluding hydrogens is 282 g/mol. The van der Waals surface area contributed by atoms with Gasteiger partial charge in [-0.15, -0.1) is 11.3 Å². The fourth-order valence-electron chi connectivity index (χ4n) is 1.50. The molecular formula is C12H13N3O4S. The number of hydrogen-bond acceptors (Lipinski definition) is 6. The maximum Gasteiger partial charge on any atom is 0.412 e. The summed E-state index contributed by atoms with van der Waals surface area (Å²) in [6, 6.07) is 0. The van der Waals surface area contributed by atoms with E-state index in [4.69, 9.17) is 4.74 Å². The van der Waals surface area contributed by atoms with Gasteiger partial charge in [0.05, 0.1) is 5.69 Å². The first-order chi connectivity index (χ1) is 9.28. The number of carboxylic acids is 1. The predicted octanol–water partition coefficient (Wildman–Crippen LogP) is 2.74. The highest BCUT2D eigenvalue weighted by molar-refractivity contribution is 7.21. The second-order valence-electron chi connectivity index (χ2n) is 4.95. The van der Waals surface area contributed by atoms with Gasteiger partial charge >= 0.3 is 12.1 Å². The summed E-state index contributed by atoms with van der Waals surface area (Å²) < 4.78 is 5.11. The summed E-state index contributed by atoms with van der Waals surface area (Å²) in [7, 11) is 0. The molecule has 0 spiro atoms. The van der Waals surface area contributed by atoms with E-state index in [0.717, 1.165) is 11.3 Å². The average molecular weight is 295 g/mol. The maximum absolute atomic E-state index is 11.8. The van der Waals surface area contributed by atoms with Crippen molar-refractivity contribution in [3.63, 3.8) is 0 Å². The van der Waals surface area contributed by atoms with Gasteiger partial charge in [0.25, 0.3) is 0 Å². The van der Waals surface area contributed by atoms with Gasteiger partial charge in [-0.1, -0.05) is 0 Å².